The van der Waals surface area contributed by atoms with Gasteiger partial charge in [0.15, 0.2) is 0 Å². The van der Waals surface area contributed by atoms with Crippen LogP contribution < -0.4 is 5.73 Å². The van der Waals surface area contributed by atoms with Crippen molar-refractivity contribution >= 4 is 17.3 Å². The van der Waals surface area contributed by atoms with Gasteiger partial charge in [-0.05, 0) is 42.7 Å². The lowest BCUT2D eigenvalue weighted by molar-refractivity contribution is 1.46. The number of benzene rings is 2. The van der Waals surface area contributed by atoms with E-state index in [1.165, 1.54) is 22.3 Å². The molecule has 0 fully saturated rings. The van der Waals surface area contributed by atoms with Crippen LogP contribution in [0.3, 0.4) is 0 Å². The zero-order chi connectivity index (χ0) is 12.3. The van der Waals surface area contributed by atoms with Gasteiger partial charge in [-0.2, -0.15) is 0 Å². The van der Waals surface area contributed by atoms with Gasteiger partial charge >= 0.3 is 0 Å². The molecule has 2 rings (SSSR count). The van der Waals surface area contributed by atoms with Crippen molar-refractivity contribution in [3.8, 4) is 0 Å². The molecule has 0 aliphatic rings. The predicted octanol–water partition coefficient (Wildman–Crippen LogP) is 4.14. The molecule has 0 radical (unpaired) electrons. The van der Waals surface area contributed by atoms with Gasteiger partial charge < -0.3 is 5.73 Å². The number of hydrogen-bond donors (Lipinski definition) is 1. The van der Waals surface area contributed by atoms with E-state index in [4.69, 9.17) is 5.73 Å². The first-order chi connectivity index (χ1) is 8.15. The summed E-state index contributed by atoms with van der Waals surface area (Å²) < 4.78 is 0. The summed E-state index contributed by atoms with van der Waals surface area (Å²) in [7, 11) is 0. The molecule has 0 unspecified atom stereocenters. The zero-order valence-electron chi connectivity index (χ0n) is 10.3. The van der Waals surface area contributed by atoms with Crippen LogP contribution in [0.2, 0.25) is 0 Å². The Morgan fingerprint density at radius 3 is 2.12 bits per heavy atom. The van der Waals surface area contributed by atoms with Gasteiger partial charge in [0.05, 0.1) is 0 Å². The summed E-state index contributed by atoms with van der Waals surface area (Å²) in [5, 5.41) is 0. The maximum atomic E-state index is 5.68. The Kier molecular flexibility index (Phi) is 3.29. The fourth-order valence-corrected chi connectivity index (χ4v) is 1.74. The molecule has 0 amide bonds. The average Bonchev–Trinajstić information content (AvgIpc) is 2.33. The summed E-state index contributed by atoms with van der Waals surface area (Å²) in [6.45, 7) is 4.21. The van der Waals surface area contributed by atoms with Gasteiger partial charge in [0.25, 0.3) is 0 Å². The molecule has 0 saturated heterocycles. The van der Waals surface area contributed by atoms with Gasteiger partial charge in [-0.25, -0.2) is 0 Å². The van der Waals surface area contributed by atoms with Gasteiger partial charge in [-0.3, -0.25) is 0 Å². The minimum Gasteiger partial charge on any atom is -0.399 e. The molecule has 86 valence electrons. The molecular formula is C16H17N. The summed E-state index contributed by atoms with van der Waals surface area (Å²) in [6, 6.07) is 16.5. The Hall–Kier alpha value is -2.02. The van der Waals surface area contributed by atoms with E-state index in [1.807, 2.05) is 12.1 Å². The monoisotopic (exact) mass is 223 g/mol. The van der Waals surface area contributed by atoms with Gasteiger partial charge in [-0.15, -0.1) is 0 Å². The number of rotatable bonds is 2. The van der Waals surface area contributed by atoms with Crippen molar-refractivity contribution in [2.75, 3.05) is 5.73 Å². The second kappa shape index (κ2) is 4.88. The van der Waals surface area contributed by atoms with Crippen molar-refractivity contribution in [3.05, 3.63) is 65.2 Å². The first kappa shape index (κ1) is 11.5. The molecule has 1 heteroatoms. The van der Waals surface area contributed by atoms with Crippen LogP contribution in [-0.4, -0.2) is 0 Å². The van der Waals surface area contributed by atoms with E-state index in [0.29, 0.717) is 0 Å². The molecule has 0 spiro atoms. The van der Waals surface area contributed by atoms with Gasteiger partial charge in [0.1, 0.15) is 0 Å². The highest BCUT2D eigenvalue weighted by atomic mass is 14.5. The van der Waals surface area contributed by atoms with Gasteiger partial charge in [0, 0.05) is 5.69 Å². The summed E-state index contributed by atoms with van der Waals surface area (Å²) in [6.07, 6.45) is 2.19. The number of nitrogens with two attached hydrogens (primary N) is 1. The van der Waals surface area contributed by atoms with Crippen LogP contribution in [-0.2, 0) is 0 Å². The van der Waals surface area contributed by atoms with E-state index in [9.17, 15) is 0 Å². The standard InChI is InChI=1S/C16H17N/c1-12-3-5-14(6-4-12)11-13(2)15-7-9-16(17)10-8-15/h3-11H,17H2,1-2H3. The molecule has 2 aromatic rings. The molecule has 2 aromatic carbocycles. The van der Waals surface area contributed by atoms with Crippen LogP contribution in [0.4, 0.5) is 5.69 Å². The number of aryl methyl sites for hydroxylation is 1. The molecule has 0 heterocycles. The lowest BCUT2D eigenvalue weighted by Gasteiger charge is -2.03. The van der Waals surface area contributed by atoms with Crippen LogP contribution in [0, 0.1) is 6.92 Å². The third-order valence-corrected chi connectivity index (χ3v) is 2.83. The van der Waals surface area contributed by atoms with Gasteiger partial charge in [-0.1, -0.05) is 48.0 Å². The van der Waals surface area contributed by atoms with E-state index in [0.717, 1.165) is 5.69 Å². The molecule has 0 saturated carbocycles. The third kappa shape index (κ3) is 2.97. The topological polar surface area (TPSA) is 26.0 Å². The normalized spacial score (nSPS) is 11.5. The van der Waals surface area contributed by atoms with Crippen molar-refractivity contribution < 1.29 is 0 Å². The molecule has 2 N–H and O–H groups in total. The van der Waals surface area contributed by atoms with Crippen LogP contribution in [0.1, 0.15) is 23.6 Å². The summed E-state index contributed by atoms with van der Waals surface area (Å²) in [5.41, 5.74) is 11.4. The molecule has 0 bridgehead atoms. The smallest absolute Gasteiger partial charge is 0.0314 e. The first-order valence-corrected chi connectivity index (χ1v) is 5.76. The van der Waals surface area contributed by atoms with Crippen LogP contribution in [0.15, 0.2) is 48.5 Å². The van der Waals surface area contributed by atoms with Crippen LogP contribution in [0.25, 0.3) is 11.6 Å². The van der Waals surface area contributed by atoms with E-state index >= 15 is 0 Å². The Morgan fingerprint density at radius 1 is 0.941 bits per heavy atom. The molecule has 1 nitrogen and oxygen atoms in total. The third-order valence-electron chi connectivity index (χ3n) is 2.83. The minimum absolute atomic E-state index is 0.803. The molecule has 0 atom stereocenters. The molecular weight excluding hydrogens is 206 g/mol. The lowest BCUT2D eigenvalue weighted by Crippen LogP contribution is -1.85. The van der Waals surface area contributed by atoms with Crippen LogP contribution >= 0.6 is 0 Å². The fraction of sp³-hybridized carbons (Fsp3) is 0.125. The number of hydrogen-bond acceptors (Lipinski definition) is 1. The molecule has 17 heavy (non-hydrogen) atoms. The highest BCUT2D eigenvalue weighted by molar-refractivity contribution is 5.80. The van der Waals surface area contributed by atoms with Crippen molar-refractivity contribution in [3.63, 3.8) is 0 Å². The lowest BCUT2D eigenvalue weighted by atomic mass is 10.0. The van der Waals surface area contributed by atoms with E-state index in [-0.39, 0.29) is 0 Å². The number of anilines is 1. The maximum Gasteiger partial charge on any atom is 0.0314 e. The SMILES string of the molecule is CC(=Cc1ccc(C)cc1)c1ccc(N)cc1. The highest BCUT2D eigenvalue weighted by Crippen LogP contribution is 2.19. The molecule has 0 aromatic heterocycles. The minimum atomic E-state index is 0.803. The zero-order valence-corrected chi connectivity index (χ0v) is 10.3. The maximum absolute atomic E-state index is 5.68. The summed E-state index contributed by atoms with van der Waals surface area (Å²) in [4.78, 5) is 0. The largest absolute Gasteiger partial charge is 0.399 e. The number of allylic oxidation sites excluding steroid dienone is 1. The van der Waals surface area contributed by atoms with Gasteiger partial charge in [0.2, 0.25) is 0 Å². The molecule has 0 aliphatic heterocycles. The quantitative estimate of drug-likeness (QED) is 0.601. The second-order valence-electron chi connectivity index (χ2n) is 4.36. The highest BCUT2D eigenvalue weighted by Gasteiger charge is 1.96. The van der Waals surface area contributed by atoms with Crippen molar-refractivity contribution in [1.82, 2.24) is 0 Å². The Bertz CT molecular complexity index is 518. The van der Waals surface area contributed by atoms with Crippen LogP contribution in [0.5, 0.6) is 0 Å². The summed E-state index contributed by atoms with van der Waals surface area (Å²) >= 11 is 0. The fourth-order valence-electron chi connectivity index (χ4n) is 1.74. The summed E-state index contributed by atoms with van der Waals surface area (Å²) in [5.74, 6) is 0. The Morgan fingerprint density at radius 2 is 1.53 bits per heavy atom. The van der Waals surface area contributed by atoms with E-state index in [1.54, 1.807) is 0 Å². The van der Waals surface area contributed by atoms with Crippen molar-refractivity contribution in [2.45, 2.75) is 13.8 Å². The number of nitrogen functional groups attached to an aromatic ring is 1. The van der Waals surface area contributed by atoms with E-state index < -0.39 is 0 Å². The average molecular weight is 223 g/mol. The van der Waals surface area contributed by atoms with Crippen molar-refractivity contribution in [2.24, 2.45) is 0 Å². The van der Waals surface area contributed by atoms with E-state index in [2.05, 4.69) is 56.3 Å². The predicted molar refractivity (Wildman–Crippen MR) is 75.6 cm³/mol. The Balaban J connectivity index is 2.27. The van der Waals surface area contributed by atoms with Crippen molar-refractivity contribution in [1.29, 1.82) is 0 Å². The first-order valence-electron chi connectivity index (χ1n) is 5.76. The molecule has 0 aliphatic carbocycles. The Labute approximate surface area is 103 Å². The second-order valence-corrected chi connectivity index (χ2v) is 4.36.